The van der Waals surface area contributed by atoms with E-state index < -0.39 is 12.0 Å². The second-order valence-electron chi connectivity index (χ2n) is 9.83. The zero-order valence-electron chi connectivity index (χ0n) is 21.3. The Hall–Kier alpha value is -3.13. The predicted octanol–water partition coefficient (Wildman–Crippen LogP) is 4.58. The summed E-state index contributed by atoms with van der Waals surface area (Å²) in [6.45, 7) is 9.32. The SMILES string of the molecule is CCOc1cc(CN2CCC3(CC2)CC(=O)N(C(C)C(=O)O)C3)cc(OCC)c1-c1ccc(F)cc1. The molecule has 0 bridgehead atoms. The van der Waals surface area contributed by atoms with Crippen LogP contribution in [0.4, 0.5) is 4.39 Å². The summed E-state index contributed by atoms with van der Waals surface area (Å²) in [6.07, 6.45) is 2.13. The third kappa shape index (κ3) is 5.48. The van der Waals surface area contributed by atoms with E-state index in [0.29, 0.717) is 44.2 Å². The summed E-state index contributed by atoms with van der Waals surface area (Å²) in [5.41, 5.74) is 2.57. The summed E-state index contributed by atoms with van der Waals surface area (Å²) in [6, 6.07) is 9.61. The zero-order valence-corrected chi connectivity index (χ0v) is 21.3. The molecule has 194 valence electrons. The topological polar surface area (TPSA) is 79.3 Å². The van der Waals surface area contributed by atoms with Crippen molar-refractivity contribution < 1.29 is 28.6 Å². The number of ether oxygens (including phenoxy) is 2. The molecule has 1 N–H and O–H groups in total. The van der Waals surface area contributed by atoms with Gasteiger partial charge in [0.1, 0.15) is 23.4 Å². The number of carbonyl (C=O) groups excluding carboxylic acids is 1. The lowest BCUT2D eigenvalue weighted by Crippen LogP contribution is -2.44. The Bertz CT molecular complexity index is 1070. The van der Waals surface area contributed by atoms with Crippen LogP contribution in [0, 0.1) is 11.2 Å². The first kappa shape index (κ1) is 25.9. The third-order valence-electron chi connectivity index (χ3n) is 7.36. The summed E-state index contributed by atoms with van der Waals surface area (Å²) in [4.78, 5) is 27.8. The van der Waals surface area contributed by atoms with E-state index in [2.05, 4.69) is 4.90 Å². The first-order valence-electron chi connectivity index (χ1n) is 12.7. The van der Waals surface area contributed by atoms with Crippen molar-refractivity contribution in [3.05, 3.63) is 47.8 Å². The van der Waals surface area contributed by atoms with E-state index in [-0.39, 0.29) is 17.1 Å². The van der Waals surface area contributed by atoms with E-state index in [9.17, 15) is 19.1 Å². The number of carboxylic acids is 1. The van der Waals surface area contributed by atoms with Gasteiger partial charge in [0.25, 0.3) is 0 Å². The normalized spacial score (nSPS) is 18.4. The van der Waals surface area contributed by atoms with Crippen LogP contribution in [0.3, 0.4) is 0 Å². The summed E-state index contributed by atoms with van der Waals surface area (Å²) < 4.78 is 25.5. The number of halogens is 1. The number of hydrogen-bond donors (Lipinski definition) is 1. The zero-order chi connectivity index (χ0) is 25.9. The molecule has 2 aliphatic heterocycles. The maximum atomic E-state index is 13.5. The van der Waals surface area contributed by atoms with Crippen molar-refractivity contribution >= 4 is 11.9 Å². The minimum atomic E-state index is -0.961. The second kappa shape index (κ2) is 10.9. The Morgan fingerprint density at radius 2 is 1.67 bits per heavy atom. The van der Waals surface area contributed by atoms with Gasteiger partial charge in [0.05, 0.1) is 18.8 Å². The standard InChI is InChI=1S/C28H35FN2O5/c1-4-35-23-14-20(15-24(36-5-2)26(23)21-6-8-22(29)9-7-21)17-30-12-10-28(11-13-30)16-25(32)31(18-28)19(3)27(33)34/h6-9,14-15,19H,4-5,10-13,16-18H2,1-3H3,(H,33,34). The third-order valence-corrected chi connectivity index (χ3v) is 7.36. The number of amides is 1. The fourth-order valence-corrected chi connectivity index (χ4v) is 5.37. The lowest BCUT2D eigenvalue weighted by Gasteiger charge is -2.39. The van der Waals surface area contributed by atoms with Gasteiger partial charge in [-0.25, -0.2) is 9.18 Å². The highest BCUT2D eigenvalue weighted by Crippen LogP contribution is 2.43. The molecule has 0 aliphatic carbocycles. The van der Waals surface area contributed by atoms with Gasteiger partial charge in [-0.15, -0.1) is 0 Å². The first-order valence-corrected chi connectivity index (χ1v) is 12.7. The lowest BCUT2D eigenvalue weighted by atomic mass is 9.77. The number of likely N-dealkylation sites (tertiary alicyclic amines) is 2. The molecule has 2 aromatic carbocycles. The molecule has 7 nitrogen and oxygen atoms in total. The maximum absolute atomic E-state index is 13.5. The number of carbonyl (C=O) groups is 2. The van der Waals surface area contributed by atoms with Crippen molar-refractivity contribution in [3.8, 4) is 22.6 Å². The molecule has 1 spiro atoms. The molecule has 0 radical (unpaired) electrons. The van der Waals surface area contributed by atoms with Crippen LogP contribution in [0.15, 0.2) is 36.4 Å². The van der Waals surface area contributed by atoms with Crippen molar-refractivity contribution in [2.45, 2.75) is 52.6 Å². The molecule has 0 saturated carbocycles. The van der Waals surface area contributed by atoms with Crippen molar-refractivity contribution in [2.24, 2.45) is 5.41 Å². The van der Waals surface area contributed by atoms with E-state index in [1.165, 1.54) is 17.0 Å². The van der Waals surface area contributed by atoms with Gasteiger partial charge in [-0.05, 0) is 87.5 Å². The monoisotopic (exact) mass is 498 g/mol. The number of hydrogen-bond acceptors (Lipinski definition) is 5. The van der Waals surface area contributed by atoms with Gasteiger partial charge in [-0.3, -0.25) is 9.69 Å². The molecular weight excluding hydrogens is 463 g/mol. The van der Waals surface area contributed by atoms with Gasteiger partial charge in [0.2, 0.25) is 5.91 Å². The first-order chi connectivity index (χ1) is 17.2. The van der Waals surface area contributed by atoms with Gasteiger partial charge < -0.3 is 19.5 Å². The van der Waals surface area contributed by atoms with E-state index in [1.807, 2.05) is 26.0 Å². The Morgan fingerprint density at radius 1 is 1.08 bits per heavy atom. The summed E-state index contributed by atoms with van der Waals surface area (Å²) in [7, 11) is 0. The average molecular weight is 499 g/mol. The molecule has 1 atom stereocenters. The number of rotatable bonds is 9. The van der Waals surface area contributed by atoms with Crippen LogP contribution in [0.5, 0.6) is 11.5 Å². The van der Waals surface area contributed by atoms with E-state index in [4.69, 9.17) is 9.47 Å². The Labute approximate surface area is 211 Å². The largest absolute Gasteiger partial charge is 0.493 e. The number of nitrogens with zero attached hydrogens (tertiary/aromatic N) is 2. The Balaban J connectivity index is 1.50. The minimum Gasteiger partial charge on any atom is -0.493 e. The highest BCUT2D eigenvalue weighted by molar-refractivity contribution is 5.85. The number of piperidine rings is 1. The lowest BCUT2D eigenvalue weighted by molar-refractivity contribution is -0.147. The number of carboxylic acid groups (broad SMARTS) is 1. The minimum absolute atomic E-state index is 0.0579. The molecule has 36 heavy (non-hydrogen) atoms. The highest BCUT2D eigenvalue weighted by atomic mass is 19.1. The van der Waals surface area contributed by atoms with E-state index >= 15 is 0 Å². The predicted molar refractivity (Wildman–Crippen MR) is 135 cm³/mol. The fraction of sp³-hybridized carbons (Fsp3) is 0.500. The van der Waals surface area contributed by atoms with Crippen LogP contribution in [0.2, 0.25) is 0 Å². The molecule has 1 unspecified atom stereocenters. The van der Waals surface area contributed by atoms with E-state index in [0.717, 1.165) is 42.6 Å². The molecule has 2 aliphatic rings. The highest BCUT2D eigenvalue weighted by Gasteiger charge is 2.47. The van der Waals surface area contributed by atoms with Crippen molar-refractivity contribution in [2.75, 3.05) is 32.8 Å². The van der Waals surface area contributed by atoms with Gasteiger partial charge in [0, 0.05) is 19.5 Å². The smallest absolute Gasteiger partial charge is 0.326 e. The summed E-state index contributed by atoms with van der Waals surface area (Å²) >= 11 is 0. The molecule has 2 saturated heterocycles. The van der Waals surface area contributed by atoms with Gasteiger partial charge in [-0.1, -0.05) is 12.1 Å². The molecule has 1 amide bonds. The van der Waals surface area contributed by atoms with Crippen LogP contribution >= 0.6 is 0 Å². The Morgan fingerprint density at radius 3 is 2.19 bits per heavy atom. The van der Waals surface area contributed by atoms with Gasteiger partial charge >= 0.3 is 5.97 Å². The van der Waals surface area contributed by atoms with E-state index in [1.54, 1.807) is 19.1 Å². The molecule has 8 heteroatoms. The van der Waals surface area contributed by atoms with Gasteiger partial charge in [0.15, 0.2) is 0 Å². The van der Waals surface area contributed by atoms with Crippen molar-refractivity contribution in [1.29, 1.82) is 0 Å². The number of aliphatic carboxylic acids is 1. The molecule has 4 rings (SSSR count). The summed E-state index contributed by atoms with van der Waals surface area (Å²) in [5, 5.41) is 9.34. The van der Waals surface area contributed by atoms with Crippen LogP contribution < -0.4 is 9.47 Å². The number of benzene rings is 2. The molecular formula is C28H35FN2O5. The van der Waals surface area contributed by atoms with Crippen LogP contribution in [-0.4, -0.2) is 65.7 Å². The summed E-state index contributed by atoms with van der Waals surface area (Å²) in [5.74, 6) is 0.102. The fourth-order valence-electron chi connectivity index (χ4n) is 5.37. The van der Waals surface area contributed by atoms with Crippen LogP contribution in [-0.2, 0) is 16.1 Å². The van der Waals surface area contributed by atoms with Crippen LogP contribution in [0.25, 0.3) is 11.1 Å². The van der Waals surface area contributed by atoms with Gasteiger partial charge in [-0.2, -0.15) is 0 Å². The van der Waals surface area contributed by atoms with Crippen molar-refractivity contribution in [1.82, 2.24) is 9.80 Å². The van der Waals surface area contributed by atoms with Crippen LogP contribution in [0.1, 0.15) is 45.6 Å². The average Bonchev–Trinajstić information content (AvgIpc) is 3.17. The maximum Gasteiger partial charge on any atom is 0.326 e. The molecule has 2 aromatic rings. The Kier molecular flexibility index (Phi) is 7.83. The molecule has 2 heterocycles. The molecule has 2 fully saturated rings. The quantitative estimate of drug-likeness (QED) is 0.545. The second-order valence-corrected chi connectivity index (χ2v) is 9.83. The van der Waals surface area contributed by atoms with Crippen molar-refractivity contribution in [3.63, 3.8) is 0 Å². The molecule has 0 aromatic heterocycles.